The highest BCUT2D eigenvalue weighted by molar-refractivity contribution is 5.80. The molecule has 0 saturated carbocycles. The normalized spacial score (nSPS) is 19.4. The molecule has 0 unspecified atom stereocenters. The monoisotopic (exact) mass is 421 g/mol. The molecule has 31 heavy (non-hydrogen) atoms. The minimum atomic E-state index is -0.484. The molecule has 0 radical (unpaired) electrons. The molecular weight excluding hydrogens is 390 g/mol. The van der Waals surface area contributed by atoms with Crippen LogP contribution in [0.4, 0.5) is 0 Å². The van der Waals surface area contributed by atoms with Crippen LogP contribution in [0.3, 0.4) is 0 Å². The second-order valence-electron chi connectivity index (χ2n) is 8.62. The number of carbonyl (C=O) groups excluding carboxylic acids is 2. The highest BCUT2D eigenvalue weighted by Gasteiger charge is 2.43. The van der Waals surface area contributed by atoms with Gasteiger partial charge in [-0.15, -0.1) is 0 Å². The first-order valence-electron chi connectivity index (χ1n) is 11.4. The molecule has 164 valence electrons. The molecule has 1 saturated heterocycles. The van der Waals surface area contributed by atoms with Crippen LogP contribution in [-0.2, 0) is 27.2 Å². The van der Waals surface area contributed by atoms with E-state index in [4.69, 9.17) is 9.47 Å². The van der Waals surface area contributed by atoms with Crippen LogP contribution in [0.5, 0.6) is 5.75 Å². The van der Waals surface area contributed by atoms with Gasteiger partial charge in [-0.3, -0.25) is 9.59 Å². The van der Waals surface area contributed by atoms with Gasteiger partial charge in [0.15, 0.2) is 0 Å². The van der Waals surface area contributed by atoms with Gasteiger partial charge in [0.25, 0.3) is 0 Å². The Morgan fingerprint density at radius 1 is 0.871 bits per heavy atom. The van der Waals surface area contributed by atoms with Gasteiger partial charge in [-0.2, -0.15) is 0 Å². The van der Waals surface area contributed by atoms with E-state index in [1.165, 1.54) is 5.56 Å². The highest BCUT2D eigenvalue weighted by Crippen LogP contribution is 2.39. The molecular formula is C26H31NO4. The number of likely N-dealkylation sites (tertiary alicyclic amines) is 1. The molecule has 1 spiro atoms. The fourth-order valence-electron chi connectivity index (χ4n) is 4.69. The van der Waals surface area contributed by atoms with Crippen molar-refractivity contribution in [2.24, 2.45) is 5.41 Å². The summed E-state index contributed by atoms with van der Waals surface area (Å²) < 4.78 is 11.5. The van der Waals surface area contributed by atoms with Gasteiger partial charge in [0.05, 0.1) is 11.8 Å². The summed E-state index contributed by atoms with van der Waals surface area (Å²) in [7, 11) is 0. The molecule has 2 heterocycles. The third-order valence-electron chi connectivity index (χ3n) is 6.60. The lowest BCUT2D eigenvalue weighted by molar-refractivity contribution is -0.162. The van der Waals surface area contributed by atoms with Crippen molar-refractivity contribution in [3.63, 3.8) is 0 Å². The molecule has 0 atom stereocenters. The first kappa shape index (κ1) is 21.4. The average molecular weight is 422 g/mol. The number of amides is 1. The van der Waals surface area contributed by atoms with E-state index in [1.807, 2.05) is 53.4 Å². The van der Waals surface area contributed by atoms with Crippen molar-refractivity contribution in [2.45, 2.75) is 44.9 Å². The molecule has 2 aromatic rings. The number of hydrogen-bond donors (Lipinski definition) is 0. The molecule has 1 amide bonds. The van der Waals surface area contributed by atoms with Crippen LogP contribution in [0.15, 0.2) is 54.6 Å². The summed E-state index contributed by atoms with van der Waals surface area (Å²) in [6.07, 6.45) is 5.48. The maximum Gasteiger partial charge on any atom is 0.312 e. The lowest BCUT2D eigenvalue weighted by Gasteiger charge is -2.40. The van der Waals surface area contributed by atoms with E-state index in [-0.39, 0.29) is 18.5 Å². The molecule has 5 nitrogen and oxygen atoms in total. The second-order valence-corrected chi connectivity index (χ2v) is 8.62. The van der Waals surface area contributed by atoms with E-state index in [1.54, 1.807) is 0 Å². The van der Waals surface area contributed by atoms with Gasteiger partial charge in [-0.1, -0.05) is 55.0 Å². The Labute approximate surface area is 184 Å². The topological polar surface area (TPSA) is 55.8 Å². The quantitative estimate of drug-likeness (QED) is 0.683. The van der Waals surface area contributed by atoms with Crippen LogP contribution in [0.25, 0.3) is 0 Å². The summed E-state index contributed by atoms with van der Waals surface area (Å²) in [6.45, 7) is 1.84. The Morgan fingerprint density at radius 2 is 1.58 bits per heavy atom. The molecule has 2 aliphatic heterocycles. The highest BCUT2D eigenvalue weighted by atomic mass is 16.6. The molecule has 0 N–H and O–H groups in total. The van der Waals surface area contributed by atoms with Crippen LogP contribution in [-0.4, -0.2) is 43.1 Å². The SMILES string of the molecule is O=C(Cc1ccccc1)N1CCC2(CCCCc3ccccc3OCCOC2=O)CC1. The van der Waals surface area contributed by atoms with E-state index in [2.05, 4.69) is 6.07 Å². The molecule has 5 heteroatoms. The Balaban J connectivity index is 1.37. The minimum Gasteiger partial charge on any atom is -0.490 e. The Hall–Kier alpha value is -2.82. The van der Waals surface area contributed by atoms with E-state index in [0.29, 0.717) is 39.0 Å². The number of carbonyl (C=O) groups is 2. The third-order valence-corrected chi connectivity index (χ3v) is 6.60. The summed E-state index contributed by atoms with van der Waals surface area (Å²) in [4.78, 5) is 27.7. The molecule has 0 aliphatic carbocycles. The van der Waals surface area contributed by atoms with E-state index in [9.17, 15) is 9.59 Å². The van der Waals surface area contributed by atoms with Gasteiger partial charge in [0.1, 0.15) is 19.0 Å². The second kappa shape index (κ2) is 9.99. The van der Waals surface area contributed by atoms with Crippen LogP contribution in [0.1, 0.15) is 43.2 Å². The van der Waals surface area contributed by atoms with Crippen LogP contribution >= 0.6 is 0 Å². The van der Waals surface area contributed by atoms with E-state index < -0.39 is 5.41 Å². The number of benzene rings is 2. The average Bonchev–Trinajstić information content (AvgIpc) is 2.80. The number of rotatable bonds is 2. The van der Waals surface area contributed by atoms with E-state index in [0.717, 1.165) is 37.0 Å². The predicted octanol–water partition coefficient (Wildman–Crippen LogP) is 4.19. The van der Waals surface area contributed by atoms with Gasteiger partial charge in [0, 0.05) is 13.1 Å². The number of cyclic esters (lactones) is 1. The molecule has 0 aromatic heterocycles. The van der Waals surface area contributed by atoms with Gasteiger partial charge in [-0.25, -0.2) is 0 Å². The summed E-state index contributed by atoms with van der Waals surface area (Å²) in [6, 6.07) is 17.9. The summed E-state index contributed by atoms with van der Waals surface area (Å²) in [5, 5.41) is 0. The van der Waals surface area contributed by atoms with Gasteiger partial charge in [-0.05, 0) is 49.3 Å². The lowest BCUT2D eigenvalue weighted by Crippen LogP contribution is -2.47. The molecule has 0 bridgehead atoms. The Morgan fingerprint density at radius 3 is 2.39 bits per heavy atom. The first-order valence-corrected chi connectivity index (χ1v) is 11.4. The predicted molar refractivity (Wildman–Crippen MR) is 119 cm³/mol. The maximum atomic E-state index is 13.0. The van der Waals surface area contributed by atoms with Crippen molar-refractivity contribution in [1.82, 2.24) is 4.90 Å². The number of aryl methyl sites for hydroxylation is 1. The maximum absolute atomic E-state index is 13.0. The molecule has 2 aliphatic rings. The van der Waals surface area contributed by atoms with Crippen LogP contribution in [0.2, 0.25) is 0 Å². The van der Waals surface area contributed by atoms with Gasteiger partial charge >= 0.3 is 5.97 Å². The van der Waals surface area contributed by atoms with Crippen molar-refractivity contribution < 1.29 is 19.1 Å². The first-order chi connectivity index (χ1) is 15.2. The summed E-state index contributed by atoms with van der Waals surface area (Å²) >= 11 is 0. The largest absolute Gasteiger partial charge is 0.490 e. The van der Waals surface area contributed by atoms with Crippen LogP contribution in [0, 0.1) is 5.41 Å². The summed E-state index contributed by atoms with van der Waals surface area (Å²) in [5.41, 5.74) is 1.76. The number of hydrogen-bond acceptors (Lipinski definition) is 4. The number of nitrogens with zero attached hydrogens (tertiary/aromatic N) is 1. The molecule has 1 fully saturated rings. The van der Waals surface area contributed by atoms with E-state index >= 15 is 0 Å². The smallest absolute Gasteiger partial charge is 0.312 e. The Bertz CT molecular complexity index is 887. The number of fused-ring (bicyclic) bond motifs is 1. The number of esters is 1. The zero-order valence-corrected chi connectivity index (χ0v) is 18.1. The lowest BCUT2D eigenvalue weighted by atomic mass is 9.74. The summed E-state index contributed by atoms with van der Waals surface area (Å²) in [5.74, 6) is 0.895. The fraction of sp³-hybridized carbons (Fsp3) is 0.462. The van der Waals surface area contributed by atoms with Crippen molar-refractivity contribution in [1.29, 1.82) is 0 Å². The number of ether oxygens (including phenoxy) is 2. The number of para-hydroxylation sites is 1. The van der Waals surface area contributed by atoms with Crippen molar-refractivity contribution in [3.8, 4) is 5.75 Å². The Kier molecular flexibility index (Phi) is 6.90. The van der Waals surface area contributed by atoms with Crippen LogP contribution < -0.4 is 4.74 Å². The number of piperidine rings is 1. The van der Waals surface area contributed by atoms with Crippen molar-refractivity contribution >= 4 is 11.9 Å². The standard InChI is InChI=1S/C26H31NO4/c28-24(20-21-8-2-1-3-9-21)27-16-14-26(15-17-27)13-7-6-11-22-10-4-5-12-23(22)30-18-19-31-25(26)29/h1-5,8-10,12H,6-7,11,13-20H2. The van der Waals surface area contributed by atoms with Gasteiger partial charge in [0.2, 0.25) is 5.91 Å². The minimum absolute atomic E-state index is 0.125. The zero-order chi connectivity index (χ0) is 21.5. The zero-order valence-electron chi connectivity index (χ0n) is 18.1. The van der Waals surface area contributed by atoms with Crippen molar-refractivity contribution in [2.75, 3.05) is 26.3 Å². The molecule has 4 rings (SSSR count). The fourth-order valence-corrected chi connectivity index (χ4v) is 4.69. The van der Waals surface area contributed by atoms with Crippen molar-refractivity contribution in [3.05, 3.63) is 65.7 Å². The molecule has 2 aromatic carbocycles. The third kappa shape index (κ3) is 5.27. The van der Waals surface area contributed by atoms with Gasteiger partial charge < -0.3 is 14.4 Å².